The SMILES string of the molecule is COCCOC1OC(CO)C(OCCOP(C)(=O)O)C(O)C1NC(C)=O. The monoisotopic (exact) mass is 401 g/mol. The molecule has 0 bridgehead atoms. The number of methoxy groups -OCH3 is 1. The van der Waals surface area contributed by atoms with E-state index < -0.39 is 50.8 Å². The van der Waals surface area contributed by atoms with E-state index in [1.807, 2.05) is 0 Å². The number of aliphatic hydroxyl groups excluding tert-OH is 2. The molecular formula is C14H28NO10P. The Bertz CT molecular complexity index is 473. The summed E-state index contributed by atoms with van der Waals surface area (Å²) in [5.41, 5.74) is 0. The molecule has 1 saturated heterocycles. The molecule has 154 valence electrons. The highest BCUT2D eigenvalue weighted by molar-refractivity contribution is 7.51. The van der Waals surface area contributed by atoms with Crippen molar-refractivity contribution < 1.29 is 47.9 Å². The molecule has 12 heteroatoms. The maximum atomic E-state index is 11.4. The Hall–Kier alpha value is -0.620. The van der Waals surface area contributed by atoms with Gasteiger partial charge in [0.1, 0.15) is 24.4 Å². The minimum absolute atomic E-state index is 0.123. The van der Waals surface area contributed by atoms with Crippen molar-refractivity contribution >= 4 is 13.5 Å². The molecule has 0 radical (unpaired) electrons. The molecule has 1 aliphatic heterocycles. The lowest BCUT2D eigenvalue weighted by molar-refractivity contribution is -0.279. The Labute approximate surface area is 152 Å². The molecule has 6 atom stereocenters. The van der Waals surface area contributed by atoms with Gasteiger partial charge in [-0.15, -0.1) is 0 Å². The first-order valence-corrected chi connectivity index (χ1v) is 10.1. The molecule has 1 aliphatic rings. The number of aliphatic hydroxyl groups is 2. The summed E-state index contributed by atoms with van der Waals surface area (Å²) in [6.07, 6.45) is -4.19. The highest BCUT2D eigenvalue weighted by Crippen LogP contribution is 2.36. The fraction of sp³-hybridized carbons (Fsp3) is 0.929. The molecule has 4 N–H and O–H groups in total. The van der Waals surface area contributed by atoms with Gasteiger partial charge in [-0.25, -0.2) is 0 Å². The van der Waals surface area contributed by atoms with Crippen LogP contribution in [0.25, 0.3) is 0 Å². The molecule has 0 aromatic carbocycles. The van der Waals surface area contributed by atoms with Gasteiger partial charge >= 0.3 is 7.60 Å². The Balaban J connectivity index is 2.74. The van der Waals surface area contributed by atoms with Crippen molar-refractivity contribution in [1.82, 2.24) is 5.32 Å². The average molecular weight is 401 g/mol. The van der Waals surface area contributed by atoms with Crippen LogP contribution in [0.5, 0.6) is 0 Å². The van der Waals surface area contributed by atoms with Crippen LogP contribution in [0.15, 0.2) is 0 Å². The molecule has 0 aromatic heterocycles. The maximum absolute atomic E-state index is 11.4. The van der Waals surface area contributed by atoms with Crippen molar-refractivity contribution in [2.75, 3.05) is 46.8 Å². The van der Waals surface area contributed by atoms with Crippen molar-refractivity contribution in [2.45, 2.75) is 37.6 Å². The molecule has 26 heavy (non-hydrogen) atoms. The fourth-order valence-electron chi connectivity index (χ4n) is 2.44. The van der Waals surface area contributed by atoms with Gasteiger partial charge in [-0.3, -0.25) is 9.36 Å². The summed E-state index contributed by atoms with van der Waals surface area (Å²) in [5.74, 6) is -0.408. The number of amides is 1. The highest BCUT2D eigenvalue weighted by Gasteiger charge is 2.46. The van der Waals surface area contributed by atoms with Crippen molar-refractivity contribution in [2.24, 2.45) is 0 Å². The van der Waals surface area contributed by atoms with Crippen LogP contribution in [-0.2, 0) is 32.8 Å². The predicted octanol–water partition coefficient (Wildman–Crippen LogP) is -1.55. The molecule has 11 nitrogen and oxygen atoms in total. The molecule has 1 heterocycles. The van der Waals surface area contributed by atoms with Crippen LogP contribution in [0.2, 0.25) is 0 Å². The number of carbonyl (C=O) groups is 1. The van der Waals surface area contributed by atoms with E-state index in [4.69, 9.17) is 28.4 Å². The fourth-order valence-corrected chi connectivity index (χ4v) is 2.86. The van der Waals surface area contributed by atoms with Gasteiger partial charge in [0.25, 0.3) is 0 Å². The van der Waals surface area contributed by atoms with Crippen molar-refractivity contribution in [1.29, 1.82) is 0 Å². The number of rotatable bonds is 11. The molecule has 1 rings (SSSR count). The quantitative estimate of drug-likeness (QED) is 0.236. The summed E-state index contributed by atoms with van der Waals surface area (Å²) < 4.78 is 37.2. The number of hydrogen-bond acceptors (Lipinski definition) is 9. The first-order valence-electron chi connectivity index (χ1n) is 8.08. The lowest BCUT2D eigenvalue weighted by Gasteiger charge is -2.43. The van der Waals surface area contributed by atoms with Gasteiger partial charge in [-0.2, -0.15) is 0 Å². The largest absolute Gasteiger partial charge is 0.394 e. The molecule has 0 saturated carbocycles. The van der Waals surface area contributed by atoms with Crippen molar-refractivity contribution in [3.63, 3.8) is 0 Å². The maximum Gasteiger partial charge on any atom is 0.325 e. The molecule has 6 unspecified atom stereocenters. The van der Waals surface area contributed by atoms with Crippen LogP contribution in [0.3, 0.4) is 0 Å². The molecular weight excluding hydrogens is 373 g/mol. The van der Waals surface area contributed by atoms with Gasteiger partial charge in [0.2, 0.25) is 5.91 Å². The summed E-state index contributed by atoms with van der Waals surface area (Å²) >= 11 is 0. The molecule has 0 spiro atoms. The van der Waals surface area contributed by atoms with E-state index in [-0.39, 0.29) is 26.4 Å². The van der Waals surface area contributed by atoms with Crippen LogP contribution in [0, 0.1) is 0 Å². The Morgan fingerprint density at radius 2 is 1.88 bits per heavy atom. The van der Waals surface area contributed by atoms with Crippen LogP contribution in [0.1, 0.15) is 6.92 Å². The van der Waals surface area contributed by atoms with E-state index in [0.29, 0.717) is 0 Å². The van der Waals surface area contributed by atoms with Gasteiger partial charge in [-0.1, -0.05) is 0 Å². The predicted molar refractivity (Wildman–Crippen MR) is 88.6 cm³/mol. The van der Waals surface area contributed by atoms with E-state index in [9.17, 15) is 19.6 Å². The minimum atomic E-state index is -3.64. The smallest absolute Gasteiger partial charge is 0.325 e. The first kappa shape index (κ1) is 23.4. The van der Waals surface area contributed by atoms with E-state index in [1.165, 1.54) is 14.0 Å². The third-order valence-corrected chi connectivity index (χ3v) is 4.18. The Morgan fingerprint density at radius 1 is 1.23 bits per heavy atom. The Kier molecular flexibility index (Phi) is 10.2. The average Bonchev–Trinajstić information content (AvgIpc) is 2.54. The summed E-state index contributed by atoms with van der Waals surface area (Å²) in [6, 6.07) is -0.937. The number of ether oxygens (including phenoxy) is 4. The zero-order valence-electron chi connectivity index (χ0n) is 15.1. The van der Waals surface area contributed by atoms with E-state index in [0.717, 1.165) is 6.66 Å². The van der Waals surface area contributed by atoms with Crippen LogP contribution in [-0.4, -0.2) is 98.5 Å². The second-order valence-corrected chi connectivity index (χ2v) is 7.64. The third kappa shape index (κ3) is 7.95. The minimum Gasteiger partial charge on any atom is -0.394 e. The number of nitrogens with one attached hydrogen (secondary N) is 1. The van der Waals surface area contributed by atoms with Crippen molar-refractivity contribution in [3.8, 4) is 0 Å². The topological polar surface area (TPSA) is 153 Å². The second-order valence-electron chi connectivity index (χ2n) is 5.78. The zero-order valence-corrected chi connectivity index (χ0v) is 16.0. The molecule has 0 aromatic rings. The van der Waals surface area contributed by atoms with Gasteiger partial charge in [-0.05, 0) is 0 Å². The molecule has 0 aliphatic carbocycles. The first-order chi connectivity index (χ1) is 12.2. The summed E-state index contributed by atoms with van der Waals surface area (Å²) in [5, 5.41) is 22.6. The van der Waals surface area contributed by atoms with E-state index in [1.54, 1.807) is 0 Å². The zero-order chi connectivity index (χ0) is 19.7. The number of hydrogen-bond donors (Lipinski definition) is 4. The van der Waals surface area contributed by atoms with Gasteiger partial charge in [0.15, 0.2) is 6.29 Å². The lowest BCUT2D eigenvalue weighted by atomic mass is 9.96. The standard InChI is InChI=1S/C14H28NO10P/c1-9(17)15-11-12(18)13(22-6-7-24-26(3,19)20)10(8-16)25-14(11)23-5-4-21-2/h10-14,16,18H,4-8H2,1-3H3,(H,15,17)(H,19,20). The van der Waals surface area contributed by atoms with E-state index >= 15 is 0 Å². The van der Waals surface area contributed by atoms with Gasteiger partial charge in [0.05, 0.1) is 33.0 Å². The van der Waals surface area contributed by atoms with Gasteiger partial charge < -0.3 is 43.9 Å². The summed E-state index contributed by atoms with van der Waals surface area (Å²) in [4.78, 5) is 20.5. The van der Waals surface area contributed by atoms with E-state index in [2.05, 4.69) is 5.32 Å². The number of carbonyl (C=O) groups excluding carboxylic acids is 1. The van der Waals surface area contributed by atoms with Crippen LogP contribution in [0.4, 0.5) is 0 Å². The molecule has 1 fully saturated rings. The lowest BCUT2D eigenvalue weighted by Crippen LogP contribution is -2.65. The van der Waals surface area contributed by atoms with Crippen LogP contribution >= 0.6 is 7.60 Å². The normalized spacial score (nSPS) is 31.4. The van der Waals surface area contributed by atoms with Crippen LogP contribution < -0.4 is 5.32 Å². The summed E-state index contributed by atoms with van der Waals surface area (Å²) in [6.45, 7) is 1.97. The second kappa shape index (κ2) is 11.3. The highest BCUT2D eigenvalue weighted by atomic mass is 31.2. The molecule has 1 amide bonds. The Morgan fingerprint density at radius 3 is 2.42 bits per heavy atom. The summed E-state index contributed by atoms with van der Waals surface area (Å²) in [7, 11) is -2.15. The van der Waals surface area contributed by atoms with Gasteiger partial charge in [0, 0.05) is 20.7 Å². The third-order valence-electron chi connectivity index (χ3n) is 3.52. The van der Waals surface area contributed by atoms with Crippen molar-refractivity contribution in [3.05, 3.63) is 0 Å².